The second-order valence-electron chi connectivity index (χ2n) is 4.90. The molecule has 6 heteroatoms. The van der Waals surface area contributed by atoms with E-state index in [1.54, 1.807) is 13.8 Å². The molecule has 0 radical (unpaired) electrons. The number of hydrogen-bond donors (Lipinski definition) is 1. The molecule has 1 fully saturated rings. The minimum atomic E-state index is -4.35. The highest BCUT2D eigenvalue weighted by molar-refractivity contribution is 5.83. The van der Waals surface area contributed by atoms with Gasteiger partial charge in [0.2, 0.25) is 5.91 Å². The molecule has 0 spiro atoms. The number of alkyl halides is 3. The van der Waals surface area contributed by atoms with Crippen LogP contribution in [0, 0.1) is 5.41 Å². The maximum Gasteiger partial charge on any atom is 0.406 e. The maximum absolute atomic E-state index is 12.4. The highest BCUT2D eigenvalue weighted by Crippen LogP contribution is 2.34. The summed E-state index contributed by atoms with van der Waals surface area (Å²) in [6.45, 7) is 2.31. The highest BCUT2D eigenvalue weighted by Gasteiger charge is 2.45. The third-order valence-electron chi connectivity index (χ3n) is 3.35. The van der Waals surface area contributed by atoms with Crippen LogP contribution in [0.2, 0.25) is 0 Å². The van der Waals surface area contributed by atoms with Crippen molar-refractivity contribution in [3.63, 3.8) is 0 Å². The summed E-state index contributed by atoms with van der Waals surface area (Å²) in [7, 11) is 0. The molecular weight excluding hydrogens is 233 g/mol. The van der Waals surface area contributed by atoms with E-state index in [9.17, 15) is 18.0 Å². The first kappa shape index (κ1) is 14.3. The first-order valence-corrected chi connectivity index (χ1v) is 5.81. The zero-order chi connectivity index (χ0) is 13.3. The predicted octanol–water partition coefficient (Wildman–Crippen LogP) is 1.91. The van der Waals surface area contributed by atoms with Crippen LogP contribution >= 0.6 is 0 Å². The van der Waals surface area contributed by atoms with Crippen molar-refractivity contribution in [1.82, 2.24) is 4.90 Å². The van der Waals surface area contributed by atoms with E-state index in [-0.39, 0.29) is 12.6 Å². The van der Waals surface area contributed by atoms with Crippen LogP contribution < -0.4 is 5.73 Å². The SMILES string of the molecule is CCC(C)(CN)C(=O)N(CC(F)(F)F)C1CC1. The van der Waals surface area contributed by atoms with Crippen LogP contribution in [0.3, 0.4) is 0 Å². The van der Waals surface area contributed by atoms with Crippen LogP contribution in [0.1, 0.15) is 33.1 Å². The van der Waals surface area contributed by atoms with Crippen molar-refractivity contribution in [1.29, 1.82) is 0 Å². The Morgan fingerprint density at radius 2 is 1.94 bits per heavy atom. The van der Waals surface area contributed by atoms with Crippen molar-refractivity contribution in [2.45, 2.75) is 45.3 Å². The molecule has 0 saturated heterocycles. The summed E-state index contributed by atoms with van der Waals surface area (Å²) in [6, 6.07) is -0.249. The quantitative estimate of drug-likeness (QED) is 0.812. The Labute approximate surface area is 99.1 Å². The monoisotopic (exact) mass is 252 g/mol. The van der Waals surface area contributed by atoms with Crippen LogP contribution in [-0.2, 0) is 4.79 Å². The van der Waals surface area contributed by atoms with E-state index in [1.165, 1.54) is 0 Å². The van der Waals surface area contributed by atoms with Gasteiger partial charge in [0.25, 0.3) is 0 Å². The van der Waals surface area contributed by atoms with Crippen LogP contribution in [0.15, 0.2) is 0 Å². The van der Waals surface area contributed by atoms with Gasteiger partial charge in [-0.15, -0.1) is 0 Å². The van der Waals surface area contributed by atoms with E-state index >= 15 is 0 Å². The second kappa shape index (κ2) is 4.84. The van der Waals surface area contributed by atoms with Crippen LogP contribution in [-0.4, -0.2) is 36.1 Å². The molecule has 0 aromatic heterocycles. The third-order valence-corrected chi connectivity index (χ3v) is 3.35. The number of rotatable bonds is 5. The van der Waals surface area contributed by atoms with Crippen LogP contribution in [0.4, 0.5) is 13.2 Å². The molecule has 1 saturated carbocycles. The molecule has 1 aliphatic rings. The van der Waals surface area contributed by atoms with Gasteiger partial charge in [0, 0.05) is 12.6 Å². The van der Waals surface area contributed by atoms with Gasteiger partial charge >= 0.3 is 6.18 Å². The average Bonchev–Trinajstić information content (AvgIpc) is 3.06. The summed E-state index contributed by atoms with van der Waals surface area (Å²) in [5.41, 5.74) is 4.63. The fourth-order valence-electron chi connectivity index (χ4n) is 1.68. The average molecular weight is 252 g/mol. The van der Waals surface area contributed by atoms with Gasteiger partial charge in [0.15, 0.2) is 0 Å². The van der Waals surface area contributed by atoms with Crippen molar-refractivity contribution in [3.05, 3.63) is 0 Å². The summed E-state index contributed by atoms with van der Waals surface area (Å²) in [5.74, 6) is -0.470. The summed E-state index contributed by atoms with van der Waals surface area (Å²) in [6.07, 6.45) is -2.58. The molecule has 0 aliphatic heterocycles. The zero-order valence-electron chi connectivity index (χ0n) is 10.2. The molecule has 3 nitrogen and oxygen atoms in total. The Hall–Kier alpha value is -0.780. The molecule has 1 rings (SSSR count). The Kier molecular flexibility index (Phi) is 4.06. The number of nitrogens with zero attached hydrogens (tertiary/aromatic N) is 1. The molecule has 0 aromatic rings. The minimum Gasteiger partial charge on any atom is -0.330 e. The largest absolute Gasteiger partial charge is 0.406 e. The van der Waals surface area contributed by atoms with Crippen molar-refractivity contribution in [2.75, 3.05) is 13.1 Å². The molecule has 0 aromatic carbocycles. The van der Waals surface area contributed by atoms with Crippen molar-refractivity contribution < 1.29 is 18.0 Å². The van der Waals surface area contributed by atoms with Crippen LogP contribution in [0.25, 0.3) is 0 Å². The Balaban J connectivity index is 2.80. The molecule has 1 aliphatic carbocycles. The Morgan fingerprint density at radius 1 is 1.41 bits per heavy atom. The number of nitrogens with two attached hydrogens (primary N) is 1. The second-order valence-corrected chi connectivity index (χ2v) is 4.90. The lowest BCUT2D eigenvalue weighted by Crippen LogP contribution is -2.50. The molecule has 0 heterocycles. The lowest BCUT2D eigenvalue weighted by Gasteiger charge is -2.33. The molecule has 1 atom stereocenters. The molecule has 1 unspecified atom stereocenters. The molecule has 0 bridgehead atoms. The number of amides is 1. The van der Waals surface area contributed by atoms with Gasteiger partial charge in [-0.05, 0) is 26.2 Å². The van der Waals surface area contributed by atoms with Gasteiger partial charge in [-0.1, -0.05) is 6.92 Å². The summed E-state index contributed by atoms with van der Waals surface area (Å²) < 4.78 is 37.3. The fraction of sp³-hybridized carbons (Fsp3) is 0.909. The van der Waals surface area contributed by atoms with Gasteiger partial charge in [-0.2, -0.15) is 13.2 Å². The molecular formula is C11H19F3N2O. The normalized spacial score (nSPS) is 19.9. The fourth-order valence-corrected chi connectivity index (χ4v) is 1.68. The van der Waals surface area contributed by atoms with Gasteiger partial charge in [-0.25, -0.2) is 0 Å². The van der Waals surface area contributed by atoms with Gasteiger partial charge in [0.1, 0.15) is 6.54 Å². The molecule has 1 amide bonds. The summed E-state index contributed by atoms with van der Waals surface area (Å²) in [4.78, 5) is 13.1. The molecule has 100 valence electrons. The first-order chi connectivity index (χ1) is 7.73. The predicted molar refractivity (Wildman–Crippen MR) is 58.2 cm³/mol. The van der Waals surface area contributed by atoms with Crippen molar-refractivity contribution in [2.24, 2.45) is 11.1 Å². The van der Waals surface area contributed by atoms with Crippen LogP contribution in [0.5, 0.6) is 0 Å². The van der Waals surface area contributed by atoms with E-state index in [0.717, 1.165) is 4.90 Å². The van der Waals surface area contributed by atoms with E-state index < -0.39 is 24.0 Å². The van der Waals surface area contributed by atoms with E-state index in [1.807, 2.05) is 0 Å². The zero-order valence-corrected chi connectivity index (χ0v) is 10.2. The summed E-state index contributed by atoms with van der Waals surface area (Å²) in [5, 5.41) is 0. The van der Waals surface area contributed by atoms with Gasteiger partial charge in [0.05, 0.1) is 5.41 Å². The van der Waals surface area contributed by atoms with E-state index in [0.29, 0.717) is 19.3 Å². The number of carbonyl (C=O) groups is 1. The number of carbonyl (C=O) groups excluding carboxylic acids is 1. The first-order valence-electron chi connectivity index (χ1n) is 5.81. The maximum atomic E-state index is 12.4. The highest BCUT2D eigenvalue weighted by atomic mass is 19.4. The Bertz CT molecular complexity index is 283. The van der Waals surface area contributed by atoms with Crippen molar-refractivity contribution >= 4 is 5.91 Å². The van der Waals surface area contributed by atoms with Crippen molar-refractivity contribution in [3.8, 4) is 0 Å². The number of halogens is 3. The number of hydrogen-bond acceptors (Lipinski definition) is 2. The Morgan fingerprint density at radius 3 is 2.24 bits per heavy atom. The standard InChI is InChI=1S/C11H19F3N2O/c1-3-10(2,6-15)9(17)16(8-4-5-8)7-11(12,13)14/h8H,3-7,15H2,1-2H3. The third kappa shape index (κ3) is 3.59. The molecule has 17 heavy (non-hydrogen) atoms. The van der Waals surface area contributed by atoms with E-state index in [4.69, 9.17) is 5.73 Å². The topological polar surface area (TPSA) is 46.3 Å². The van der Waals surface area contributed by atoms with Gasteiger partial charge < -0.3 is 10.6 Å². The lowest BCUT2D eigenvalue weighted by molar-refractivity contribution is -0.168. The molecule has 2 N–H and O–H groups in total. The van der Waals surface area contributed by atoms with E-state index in [2.05, 4.69) is 0 Å². The smallest absolute Gasteiger partial charge is 0.330 e. The van der Waals surface area contributed by atoms with Gasteiger partial charge in [-0.3, -0.25) is 4.79 Å². The summed E-state index contributed by atoms with van der Waals surface area (Å²) >= 11 is 0. The lowest BCUT2D eigenvalue weighted by atomic mass is 9.86. The minimum absolute atomic E-state index is 0.0728.